The van der Waals surface area contributed by atoms with Crippen LogP contribution in [0.15, 0.2) is 59.4 Å². The number of ether oxygens (including phenoxy) is 1. The van der Waals surface area contributed by atoms with Crippen molar-refractivity contribution in [2.75, 3.05) is 20.2 Å². The summed E-state index contributed by atoms with van der Waals surface area (Å²) in [6.45, 7) is 6.82. The Kier molecular flexibility index (Phi) is 8.48. The Bertz CT molecular complexity index is 1460. The number of fused-ring (bicyclic) bond motifs is 1. The minimum Gasteiger partial charge on any atom is -0.497 e. The first-order chi connectivity index (χ1) is 18.3. The van der Waals surface area contributed by atoms with E-state index >= 15 is 0 Å². The fraction of sp³-hybridized carbons (Fsp3) is 0.357. The van der Waals surface area contributed by atoms with Gasteiger partial charge in [-0.15, -0.1) is 0 Å². The lowest BCUT2D eigenvalue weighted by atomic mass is 9.99. The van der Waals surface area contributed by atoms with Crippen LogP contribution in [0.3, 0.4) is 0 Å². The van der Waals surface area contributed by atoms with Crippen LogP contribution in [0.25, 0.3) is 5.65 Å². The van der Waals surface area contributed by atoms with E-state index in [1.807, 2.05) is 44.2 Å². The lowest BCUT2D eigenvalue weighted by Gasteiger charge is -2.35. The van der Waals surface area contributed by atoms with Gasteiger partial charge in [0.05, 0.1) is 25.4 Å². The van der Waals surface area contributed by atoms with Gasteiger partial charge in [0.1, 0.15) is 16.6 Å². The van der Waals surface area contributed by atoms with Gasteiger partial charge in [-0.2, -0.15) is 9.61 Å². The lowest BCUT2D eigenvalue weighted by Crippen LogP contribution is -2.43. The Hall–Kier alpha value is -3.69. The van der Waals surface area contributed by atoms with Crippen molar-refractivity contribution in [3.8, 4) is 5.75 Å². The van der Waals surface area contributed by atoms with Crippen LogP contribution < -0.4 is 16.2 Å². The SMILES string of the molecule is COc1ccc(C(=O)N(CCCN)[C@H](c2nc3c(Cl)c(C)nn3c(=O)n2Cc2ccccc2)C(C)C)cc1. The van der Waals surface area contributed by atoms with Crippen LogP contribution in [-0.2, 0) is 6.54 Å². The smallest absolute Gasteiger partial charge is 0.352 e. The van der Waals surface area contributed by atoms with E-state index < -0.39 is 6.04 Å². The number of halogens is 1. The number of amides is 1. The molecule has 4 aromatic rings. The third-order valence-electron chi connectivity index (χ3n) is 6.49. The molecule has 4 rings (SSSR count). The summed E-state index contributed by atoms with van der Waals surface area (Å²) < 4.78 is 8.08. The Morgan fingerprint density at radius 1 is 1.13 bits per heavy atom. The number of carbonyl (C=O) groups is 1. The van der Waals surface area contributed by atoms with E-state index in [9.17, 15) is 9.59 Å². The maximum atomic E-state index is 13.9. The Morgan fingerprint density at radius 3 is 2.42 bits per heavy atom. The Labute approximate surface area is 226 Å². The topological polar surface area (TPSA) is 108 Å². The van der Waals surface area contributed by atoms with Gasteiger partial charge in [-0.1, -0.05) is 55.8 Å². The minimum atomic E-state index is -0.538. The Balaban J connectivity index is 1.92. The van der Waals surface area contributed by atoms with Crippen molar-refractivity contribution < 1.29 is 9.53 Å². The second kappa shape index (κ2) is 11.8. The highest BCUT2D eigenvalue weighted by Crippen LogP contribution is 2.31. The van der Waals surface area contributed by atoms with E-state index in [4.69, 9.17) is 27.1 Å². The van der Waals surface area contributed by atoms with Crippen molar-refractivity contribution in [2.45, 2.75) is 39.8 Å². The summed E-state index contributed by atoms with van der Waals surface area (Å²) in [6, 6.07) is 16.1. The summed E-state index contributed by atoms with van der Waals surface area (Å²) >= 11 is 6.53. The number of rotatable bonds is 10. The number of hydrogen-bond acceptors (Lipinski definition) is 6. The molecule has 2 aromatic carbocycles. The van der Waals surface area contributed by atoms with Crippen molar-refractivity contribution in [1.82, 2.24) is 24.1 Å². The molecule has 0 saturated carbocycles. The van der Waals surface area contributed by atoms with Crippen molar-refractivity contribution in [1.29, 1.82) is 0 Å². The summed E-state index contributed by atoms with van der Waals surface area (Å²) in [6.07, 6.45) is 0.586. The zero-order valence-corrected chi connectivity index (χ0v) is 22.9. The molecule has 10 heteroatoms. The molecular weight excluding hydrogens is 504 g/mol. The predicted octanol–water partition coefficient (Wildman–Crippen LogP) is 4.10. The zero-order valence-electron chi connectivity index (χ0n) is 22.1. The molecule has 0 unspecified atom stereocenters. The number of aryl methyl sites for hydroxylation is 1. The summed E-state index contributed by atoms with van der Waals surface area (Å²) in [4.78, 5) is 34.4. The average Bonchev–Trinajstić information content (AvgIpc) is 3.21. The number of aromatic nitrogens is 4. The molecule has 0 bridgehead atoms. The second-order valence-electron chi connectivity index (χ2n) is 9.52. The third-order valence-corrected chi connectivity index (χ3v) is 6.93. The molecule has 2 N–H and O–H groups in total. The minimum absolute atomic E-state index is 0.0888. The molecular formula is C28H33ClN6O3. The fourth-order valence-corrected chi connectivity index (χ4v) is 4.73. The lowest BCUT2D eigenvalue weighted by molar-refractivity contribution is 0.0601. The summed E-state index contributed by atoms with van der Waals surface area (Å²) in [5, 5.41) is 4.65. The number of carbonyl (C=O) groups excluding carboxylic acids is 1. The maximum absolute atomic E-state index is 13.9. The molecule has 9 nitrogen and oxygen atoms in total. The van der Waals surface area contributed by atoms with E-state index in [0.29, 0.717) is 47.4 Å². The third kappa shape index (κ3) is 5.44. The van der Waals surface area contributed by atoms with Gasteiger partial charge in [-0.3, -0.25) is 9.36 Å². The summed E-state index contributed by atoms with van der Waals surface area (Å²) in [5.41, 5.74) is 7.70. The van der Waals surface area contributed by atoms with Crippen LogP contribution in [0.1, 0.15) is 53.7 Å². The fourth-order valence-electron chi connectivity index (χ4n) is 4.57. The number of hydrogen-bond donors (Lipinski definition) is 1. The van der Waals surface area contributed by atoms with Crippen LogP contribution >= 0.6 is 11.6 Å². The highest BCUT2D eigenvalue weighted by atomic mass is 35.5. The van der Waals surface area contributed by atoms with Crippen molar-refractivity contribution >= 4 is 23.2 Å². The first-order valence-electron chi connectivity index (χ1n) is 12.6. The van der Waals surface area contributed by atoms with Crippen LogP contribution in [-0.4, -0.2) is 50.2 Å². The summed E-state index contributed by atoms with van der Waals surface area (Å²) in [5.74, 6) is 0.831. The molecule has 0 aliphatic rings. The first-order valence-corrected chi connectivity index (χ1v) is 13.0. The molecule has 0 fully saturated rings. The molecule has 200 valence electrons. The monoisotopic (exact) mass is 536 g/mol. The largest absolute Gasteiger partial charge is 0.497 e. The van der Waals surface area contributed by atoms with Crippen LogP contribution in [0.2, 0.25) is 5.02 Å². The molecule has 0 aliphatic carbocycles. The van der Waals surface area contributed by atoms with E-state index in [1.54, 1.807) is 47.8 Å². The molecule has 0 radical (unpaired) electrons. The predicted molar refractivity (Wildman–Crippen MR) is 148 cm³/mol. The normalized spacial score (nSPS) is 12.2. The highest BCUT2D eigenvalue weighted by Gasteiger charge is 2.33. The quantitative estimate of drug-likeness (QED) is 0.327. The molecule has 0 saturated heterocycles. The van der Waals surface area contributed by atoms with Crippen LogP contribution in [0.4, 0.5) is 0 Å². The van der Waals surface area contributed by atoms with E-state index in [2.05, 4.69) is 5.10 Å². The van der Waals surface area contributed by atoms with E-state index in [0.717, 1.165) is 5.56 Å². The second-order valence-corrected chi connectivity index (χ2v) is 9.90. The average molecular weight is 537 g/mol. The number of benzene rings is 2. The maximum Gasteiger partial charge on any atom is 0.352 e. The molecule has 2 heterocycles. The molecule has 2 aromatic heterocycles. The van der Waals surface area contributed by atoms with Gasteiger partial charge in [-0.05, 0) is 55.6 Å². The summed E-state index contributed by atoms with van der Waals surface area (Å²) in [7, 11) is 1.58. The Morgan fingerprint density at radius 2 is 1.82 bits per heavy atom. The zero-order chi connectivity index (χ0) is 27.4. The molecule has 0 aliphatic heterocycles. The van der Waals surface area contributed by atoms with Crippen LogP contribution in [0.5, 0.6) is 5.75 Å². The van der Waals surface area contributed by atoms with Gasteiger partial charge >= 0.3 is 5.69 Å². The van der Waals surface area contributed by atoms with E-state index in [1.165, 1.54) is 4.52 Å². The van der Waals surface area contributed by atoms with Gasteiger partial charge in [0, 0.05) is 12.1 Å². The van der Waals surface area contributed by atoms with E-state index in [-0.39, 0.29) is 29.7 Å². The van der Waals surface area contributed by atoms with Gasteiger partial charge < -0.3 is 15.4 Å². The van der Waals surface area contributed by atoms with Crippen LogP contribution in [0, 0.1) is 12.8 Å². The molecule has 0 spiro atoms. The van der Waals surface area contributed by atoms with Gasteiger partial charge in [0.25, 0.3) is 5.91 Å². The van der Waals surface area contributed by atoms with Gasteiger partial charge in [-0.25, -0.2) is 9.78 Å². The van der Waals surface area contributed by atoms with Crippen molar-refractivity contribution in [3.63, 3.8) is 0 Å². The number of nitrogens with two attached hydrogens (primary N) is 1. The molecule has 1 atom stereocenters. The van der Waals surface area contributed by atoms with Gasteiger partial charge in [0.15, 0.2) is 5.65 Å². The highest BCUT2D eigenvalue weighted by molar-refractivity contribution is 6.34. The van der Waals surface area contributed by atoms with Gasteiger partial charge in [0.2, 0.25) is 0 Å². The standard InChI is InChI=1S/C28H33ClN6O3/c1-18(2)24(33(16-8-15-30)27(36)21-11-13-22(38-4)14-12-21)26-31-25-23(29)19(3)32-35(25)28(37)34(26)17-20-9-6-5-7-10-20/h5-7,9-14,18,24H,8,15-17,30H2,1-4H3/t24-/m0/s1. The molecule has 38 heavy (non-hydrogen) atoms. The first kappa shape index (κ1) is 27.3. The van der Waals surface area contributed by atoms with Crippen molar-refractivity contribution in [3.05, 3.63) is 92.7 Å². The van der Waals surface area contributed by atoms with Crippen molar-refractivity contribution in [2.24, 2.45) is 11.7 Å². The number of methoxy groups -OCH3 is 1. The number of nitrogens with zero attached hydrogens (tertiary/aromatic N) is 5. The molecule has 1 amide bonds.